The van der Waals surface area contributed by atoms with E-state index in [1.165, 1.54) is 19.2 Å². The average molecular weight is 409 g/mol. The van der Waals surface area contributed by atoms with Gasteiger partial charge in [0.2, 0.25) is 11.8 Å². The zero-order valence-corrected chi connectivity index (χ0v) is 16.4. The minimum absolute atomic E-state index is 0.116. The fourth-order valence-corrected chi connectivity index (χ4v) is 3.60. The Labute approximate surface area is 172 Å². The Morgan fingerprint density at radius 1 is 1.10 bits per heavy atom. The molecule has 154 valence electrons. The number of methoxy groups -OCH3 is 1. The van der Waals surface area contributed by atoms with Crippen LogP contribution in [0, 0.1) is 5.82 Å². The van der Waals surface area contributed by atoms with Crippen LogP contribution in [-0.2, 0) is 4.74 Å². The fourth-order valence-electron chi connectivity index (χ4n) is 3.60. The Kier molecular flexibility index (Phi) is 5.56. The maximum atomic E-state index is 13.1. The van der Waals surface area contributed by atoms with E-state index in [1.54, 1.807) is 41.3 Å². The molecule has 0 radical (unpaired) electrons. The molecule has 1 atom stereocenters. The Hall–Kier alpha value is -3.55. The lowest BCUT2D eigenvalue weighted by Gasteiger charge is -2.31. The molecule has 1 saturated heterocycles. The number of carbonyl (C=O) groups is 2. The smallest absolute Gasteiger partial charge is 0.338 e. The second kappa shape index (κ2) is 8.44. The molecule has 30 heavy (non-hydrogen) atoms. The van der Waals surface area contributed by atoms with Crippen molar-refractivity contribution in [1.82, 2.24) is 15.1 Å². The molecule has 0 spiro atoms. The van der Waals surface area contributed by atoms with Gasteiger partial charge in [-0.05, 0) is 49.2 Å². The SMILES string of the molecule is COC(=O)c1ccccc1C(=O)N1CCCC(c2nnc(-c3ccc(F)cc3)o2)C1. The molecule has 1 aromatic heterocycles. The predicted molar refractivity (Wildman–Crippen MR) is 105 cm³/mol. The van der Waals surface area contributed by atoms with E-state index in [0.717, 1.165) is 12.8 Å². The minimum Gasteiger partial charge on any atom is -0.465 e. The second-order valence-corrected chi connectivity index (χ2v) is 7.08. The highest BCUT2D eigenvalue weighted by atomic mass is 19.1. The molecule has 3 aromatic rings. The number of benzene rings is 2. The number of amides is 1. The number of hydrogen-bond acceptors (Lipinski definition) is 6. The highest BCUT2D eigenvalue weighted by molar-refractivity contribution is 6.05. The van der Waals surface area contributed by atoms with E-state index in [1.807, 2.05) is 0 Å². The lowest BCUT2D eigenvalue weighted by Crippen LogP contribution is -2.39. The second-order valence-electron chi connectivity index (χ2n) is 7.08. The van der Waals surface area contributed by atoms with Crippen LogP contribution in [0.5, 0.6) is 0 Å². The third-order valence-electron chi connectivity index (χ3n) is 5.15. The average Bonchev–Trinajstić information content (AvgIpc) is 3.29. The number of carbonyl (C=O) groups excluding carboxylic acids is 2. The van der Waals surface area contributed by atoms with Crippen LogP contribution >= 0.6 is 0 Å². The minimum atomic E-state index is -0.548. The van der Waals surface area contributed by atoms with Gasteiger partial charge in [0.25, 0.3) is 5.91 Å². The summed E-state index contributed by atoms with van der Waals surface area (Å²) in [6, 6.07) is 12.4. The van der Waals surface area contributed by atoms with Crippen LogP contribution in [0.4, 0.5) is 4.39 Å². The van der Waals surface area contributed by atoms with Crippen molar-refractivity contribution in [3.05, 3.63) is 71.4 Å². The van der Waals surface area contributed by atoms with Crippen LogP contribution in [0.3, 0.4) is 0 Å². The number of ether oxygens (including phenoxy) is 1. The molecule has 4 rings (SSSR count). The summed E-state index contributed by atoms with van der Waals surface area (Å²) >= 11 is 0. The van der Waals surface area contributed by atoms with Crippen molar-refractivity contribution in [2.75, 3.05) is 20.2 Å². The molecule has 1 unspecified atom stereocenters. The van der Waals surface area contributed by atoms with Gasteiger partial charge >= 0.3 is 5.97 Å². The first kappa shape index (κ1) is 19.8. The van der Waals surface area contributed by atoms with E-state index in [9.17, 15) is 14.0 Å². The molecule has 1 aliphatic heterocycles. The molecule has 8 heteroatoms. The van der Waals surface area contributed by atoms with Crippen LogP contribution < -0.4 is 0 Å². The van der Waals surface area contributed by atoms with Gasteiger partial charge in [-0.15, -0.1) is 10.2 Å². The van der Waals surface area contributed by atoms with Crippen LogP contribution in [0.15, 0.2) is 52.9 Å². The third kappa shape index (κ3) is 3.94. The molecule has 1 fully saturated rings. The van der Waals surface area contributed by atoms with Crippen LogP contribution in [-0.4, -0.2) is 47.2 Å². The van der Waals surface area contributed by atoms with Gasteiger partial charge in [-0.3, -0.25) is 4.79 Å². The van der Waals surface area contributed by atoms with Gasteiger partial charge in [-0.1, -0.05) is 12.1 Å². The summed E-state index contributed by atoms with van der Waals surface area (Å²) in [5, 5.41) is 8.21. The number of hydrogen-bond donors (Lipinski definition) is 0. The zero-order chi connectivity index (χ0) is 21.1. The van der Waals surface area contributed by atoms with E-state index >= 15 is 0 Å². The van der Waals surface area contributed by atoms with Crippen molar-refractivity contribution in [2.24, 2.45) is 0 Å². The molecule has 2 aromatic carbocycles. The van der Waals surface area contributed by atoms with Gasteiger partial charge < -0.3 is 14.1 Å². The zero-order valence-electron chi connectivity index (χ0n) is 16.4. The molecule has 0 saturated carbocycles. The third-order valence-corrected chi connectivity index (χ3v) is 5.15. The van der Waals surface area contributed by atoms with Crippen LogP contribution in [0.25, 0.3) is 11.5 Å². The molecule has 0 bridgehead atoms. The van der Waals surface area contributed by atoms with Gasteiger partial charge in [0, 0.05) is 18.7 Å². The Balaban J connectivity index is 1.52. The first-order chi connectivity index (χ1) is 14.6. The van der Waals surface area contributed by atoms with E-state index in [2.05, 4.69) is 10.2 Å². The Bertz CT molecular complexity index is 1060. The number of halogens is 1. The molecule has 0 N–H and O–H groups in total. The topological polar surface area (TPSA) is 85.5 Å². The summed E-state index contributed by atoms with van der Waals surface area (Å²) in [6.07, 6.45) is 1.57. The van der Waals surface area contributed by atoms with Gasteiger partial charge in [0.1, 0.15) is 5.82 Å². The van der Waals surface area contributed by atoms with Crippen LogP contribution in [0.1, 0.15) is 45.4 Å². The monoisotopic (exact) mass is 409 g/mol. The number of likely N-dealkylation sites (tertiary alicyclic amines) is 1. The first-order valence-electron chi connectivity index (χ1n) is 9.63. The van der Waals surface area contributed by atoms with Crippen molar-refractivity contribution in [1.29, 1.82) is 0 Å². The summed E-state index contributed by atoms with van der Waals surface area (Å²) in [5.41, 5.74) is 1.18. The standard InChI is InChI=1S/C22H20FN3O4/c1-29-22(28)18-7-3-2-6-17(18)21(27)26-12-4-5-15(13-26)20-25-24-19(30-20)14-8-10-16(23)11-9-14/h2-3,6-11,15H,4-5,12-13H2,1H3. The highest BCUT2D eigenvalue weighted by Gasteiger charge is 2.30. The maximum absolute atomic E-state index is 13.1. The summed E-state index contributed by atoms with van der Waals surface area (Å²) in [4.78, 5) is 26.8. The molecule has 0 aliphatic carbocycles. The Morgan fingerprint density at radius 2 is 1.83 bits per heavy atom. The fraction of sp³-hybridized carbons (Fsp3) is 0.273. The van der Waals surface area contributed by atoms with Crippen molar-refractivity contribution in [2.45, 2.75) is 18.8 Å². The van der Waals surface area contributed by atoms with Crippen LogP contribution in [0.2, 0.25) is 0 Å². The van der Waals surface area contributed by atoms with Gasteiger partial charge in [0.15, 0.2) is 0 Å². The summed E-state index contributed by atoms with van der Waals surface area (Å²) in [6.45, 7) is 0.975. The quantitative estimate of drug-likeness (QED) is 0.611. The van der Waals surface area contributed by atoms with E-state index in [-0.39, 0.29) is 23.2 Å². The summed E-state index contributed by atoms with van der Waals surface area (Å²) in [5.74, 6) is -0.494. The number of rotatable bonds is 4. The lowest BCUT2D eigenvalue weighted by molar-refractivity contribution is 0.0585. The highest BCUT2D eigenvalue weighted by Crippen LogP contribution is 2.29. The Morgan fingerprint density at radius 3 is 2.57 bits per heavy atom. The summed E-state index contributed by atoms with van der Waals surface area (Å²) < 4.78 is 23.7. The molecule has 1 amide bonds. The van der Waals surface area contributed by atoms with E-state index in [0.29, 0.717) is 36.0 Å². The number of aromatic nitrogens is 2. The first-order valence-corrected chi connectivity index (χ1v) is 9.63. The van der Waals surface area contributed by atoms with Gasteiger partial charge in [0.05, 0.1) is 24.2 Å². The van der Waals surface area contributed by atoms with E-state index in [4.69, 9.17) is 9.15 Å². The summed E-state index contributed by atoms with van der Waals surface area (Å²) in [7, 11) is 1.29. The molecular formula is C22H20FN3O4. The maximum Gasteiger partial charge on any atom is 0.338 e. The van der Waals surface area contributed by atoms with Crippen molar-refractivity contribution in [3.63, 3.8) is 0 Å². The molecular weight excluding hydrogens is 389 g/mol. The van der Waals surface area contributed by atoms with E-state index < -0.39 is 5.97 Å². The number of piperidine rings is 1. The van der Waals surface area contributed by atoms with Crippen molar-refractivity contribution in [3.8, 4) is 11.5 Å². The normalized spacial score (nSPS) is 16.3. The predicted octanol–water partition coefficient (Wildman–Crippen LogP) is 3.68. The van der Waals surface area contributed by atoms with Gasteiger partial charge in [-0.2, -0.15) is 0 Å². The molecule has 7 nitrogen and oxygen atoms in total. The number of esters is 1. The molecule has 2 heterocycles. The molecule has 1 aliphatic rings. The number of nitrogens with zero attached hydrogens (tertiary/aromatic N) is 3. The van der Waals surface area contributed by atoms with Gasteiger partial charge in [-0.25, -0.2) is 9.18 Å². The lowest BCUT2D eigenvalue weighted by atomic mass is 9.96. The van der Waals surface area contributed by atoms with Crippen molar-refractivity contribution >= 4 is 11.9 Å². The largest absolute Gasteiger partial charge is 0.465 e. The van der Waals surface area contributed by atoms with Crippen molar-refractivity contribution < 1.29 is 23.1 Å².